The van der Waals surface area contributed by atoms with Crippen LogP contribution in [-0.4, -0.2) is 67.3 Å². The number of hydrogen-bond acceptors (Lipinski definition) is 4. The summed E-state index contributed by atoms with van der Waals surface area (Å²) in [4.78, 5) is 5.21. The van der Waals surface area contributed by atoms with Crippen molar-refractivity contribution in [3.05, 3.63) is 0 Å². The van der Waals surface area contributed by atoms with E-state index < -0.39 is 0 Å². The standard InChI is InChI=1S/C16H33N3O/c1-14(2)18-10-11-20-16(12-18)13-19(9-5-8-17)15-6-3-4-7-15/h14-16H,3-13,17H2,1-2H3. The summed E-state index contributed by atoms with van der Waals surface area (Å²) in [5, 5.41) is 0. The van der Waals surface area contributed by atoms with Gasteiger partial charge in [-0.3, -0.25) is 9.80 Å². The predicted octanol–water partition coefficient (Wildman–Crippen LogP) is 1.69. The van der Waals surface area contributed by atoms with Crippen LogP contribution in [0, 0.1) is 0 Å². The number of hydrogen-bond donors (Lipinski definition) is 1. The summed E-state index contributed by atoms with van der Waals surface area (Å²) in [6.07, 6.45) is 7.01. The van der Waals surface area contributed by atoms with Gasteiger partial charge in [-0.2, -0.15) is 0 Å². The molecule has 0 spiro atoms. The van der Waals surface area contributed by atoms with Gasteiger partial charge in [0.1, 0.15) is 0 Å². The van der Waals surface area contributed by atoms with E-state index >= 15 is 0 Å². The number of rotatable bonds is 7. The zero-order valence-electron chi connectivity index (χ0n) is 13.4. The fourth-order valence-electron chi connectivity index (χ4n) is 3.57. The molecule has 0 aromatic heterocycles. The second-order valence-corrected chi connectivity index (χ2v) is 6.66. The lowest BCUT2D eigenvalue weighted by molar-refractivity contribution is -0.0567. The molecule has 0 aromatic carbocycles. The van der Waals surface area contributed by atoms with E-state index in [1.165, 1.54) is 25.7 Å². The highest BCUT2D eigenvalue weighted by atomic mass is 16.5. The van der Waals surface area contributed by atoms with Crippen molar-refractivity contribution in [2.75, 3.05) is 39.3 Å². The number of nitrogens with zero attached hydrogens (tertiary/aromatic N) is 2. The molecule has 4 nitrogen and oxygen atoms in total. The molecule has 2 fully saturated rings. The maximum Gasteiger partial charge on any atom is 0.0829 e. The maximum atomic E-state index is 6.01. The van der Waals surface area contributed by atoms with Gasteiger partial charge in [0, 0.05) is 31.7 Å². The highest BCUT2D eigenvalue weighted by Gasteiger charge is 2.28. The quantitative estimate of drug-likeness (QED) is 0.772. The van der Waals surface area contributed by atoms with E-state index in [4.69, 9.17) is 10.5 Å². The number of nitrogens with two attached hydrogens (primary N) is 1. The van der Waals surface area contributed by atoms with Crippen molar-refractivity contribution < 1.29 is 4.74 Å². The van der Waals surface area contributed by atoms with Crippen LogP contribution in [0.1, 0.15) is 46.0 Å². The van der Waals surface area contributed by atoms with Crippen LogP contribution in [0.15, 0.2) is 0 Å². The Morgan fingerprint density at radius 3 is 2.70 bits per heavy atom. The van der Waals surface area contributed by atoms with Gasteiger partial charge in [-0.05, 0) is 46.2 Å². The van der Waals surface area contributed by atoms with E-state index in [1.807, 2.05) is 0 Å². The summed E-state index contributed by atoms with van der Waals surface area (Å²) >= 11 is 0. The van der Waals surface area contributed by atoms with E-state index in [9.17, 15) is 0 Å². The molecule has 4 heteroatoms. The van der Waals surface area contributed by atoms with Crippen molar-refractivity contribution in [3.63, 3.8) is 0 Å². The predicted molar refractivity (Wildman–Crippen MR) is 83.9 cm³/mol. The first-order valence-corrected chi connectivity index (χ1v) is 8.50. The summed E-state index contributed by atoms with van der Waals surface area (Å²) in [7, 11) is 0. The molecule has 2 N–H and O–H groups in total. The molecule has 0 amide bonds. The maximum absolute atomic E-state index is 6.01. The molecule has 1 saturated heterocycles. The molecule has 1 saturated carbocycles. The summed E-state index contributed by atoms with van der Waals surface area (Å²) in [6.45, 7) is 10.7. The van der Waals surface area contributed by atoms with Crippen LogP contribution in [0.2, 0.25) is 0 Å². The van der Waals surface area contributed by atoms with Gasteiger partial charge in [-0.25, -0.2) is 0 Å². The second kappa shape index (κ2) is 8.32. The number of morpholine rings is 1. The van der Waals surface area contributed by atoms with E-state index in [2.05, 4.69) is 23.6 Å². The van der Waals surface area contributed by atoms with E-state index in [0.29, 0.717) is 12.1 Å². The Hall–Kier alpha value is -0.160. The van der Waals surface area contributed by atoms with Crippen LogP contribution in [-0.2, 0) is 4.74 Å². The van der Waals surface area contributed by atoms with Crippen molar-refractivity contribution >= 4 is 0 Å². The smallest absolute Gasteiger partial charge is 0.0829 e. The first-order chi connectivity index (χ1) is 9.70. The van der Waals surface area contributed by atoms with Gasteiger partial charge in [0.2, 0.25) is 0 Å². The van der Waals surface area contributed by atoms with Crippen molar-refractivity contribution in [2.45, 2.75) is 64.1 Å². The molecule has 20 heavy (non-hydrogen) atoms. The third-order valence-electron chi connectivity index (χ3n) is 4.83. The Kier molecular flexibility index (Phi) is 6.75. The Morgan fingerprint density at radius 1 is 1.30 bits per heavy atom. The van der Waals surface area contributed by atoms with E-state index in [1.54, 1.807) is 0 Å². The zero-order chi connectivity index (χ0) is 14.4. The molecule has 2 rings (SSSR count). The van der Waals surface area contributed by atoms with E-state index in [-0.39, 0.29) is 0 Å². The Labute approximate surface area is 124 Å². The van der Waals surface area contributed by atoms with Gasteiger partial charge in [-0.1, -0.05) is 12.8 Å². The SMILES string of the molecule is CC(C)N1CCOC(CN(CCCN)C2CCCC2)C1. The monoisotopic (exact) mass is 283 g/mol. The van der Waals surface area contributed by atoms with Gasteiger partial charge in [0.15, 0.2) is 0 Å². The van der Waals surface area contributed by atoms with Crippen LogP contribution in [0.25, 0.3) is 0 Å². The Balaban J connectivity index is 1.85. The van der Waals surface area contributed by atoms with Gasteiger partial charge in [0.05, 0.1) is 12.7 Å². The molecule has 118 valence electrons. The molecule has 0 aromatic rings. The average molecular weight is 283 g/mol. The minimum atomic E-state index is 0.379. The van der Waals surface area contributed by atoms with Crippen LogP contribution >= 0.6 is 0 Å². The number of ether oxygens (including phenoxy) is 1. The molecule has 1 aliphatic heterocycles. The molecule has 0 bridgehead atoms. The summed E-state index contributed by atoms with van der Waals surface area (Å²) < 4.78 is 6.01. The summed E-state index contributed by atoms with van der Waals surface area (Å²) in [5.41, 5.74) is 5.70. The normalized spacial score (nSPS) is 25.9. The molecule has 1 aliphatic carbocycles. The van der Waals surface area contributed by atoms with Gasteiger partial charge >= 0.3 is 0 Å². The van der Waals surface area contributed by atoms with Crippen molar-refractivity contribution in [1.82, 2.24) is 9.80 Å². The fourth-order valence-corrected chi connectivity index (χ4v) is 3.57. The molecular weight excluding hydrogens is 250 g/mol. The molecular formula is C16H33N3O. The minimum absolute atomic E-state index is 0.379. The highest BCUT2D eigenvalue weighted by molar-refractivity contribution is 4.82. The van der Waals surface area contributed by atoms with Gasteiger partial charge in [0.25, 0.3) is 0 Å². The lowest BCUT2D eigenvalue weighted by Gasteiger charge is -2.39. The molecule has 1 heterocycles. The largest absolute Gasteiger partial charge is 0.374 e. The Bertz CT molecular complexity index is 266. The van der Waals surface area contributed by atoms with Crippen LogP contribution < -0.4 is 5.73 Å². The third kappa shape index (κ3) is 4.69. The summed E-state index contributed by atoms with van der Waals surface area (Å²) in [5.74, 6) is 0. The first-order valence-electron chi connectivity index (χ1n) is 8.50. The van der Waals surface area contributed by atoms with Crippen LogP contribution in [0.3, 0.4) is 0 Å². The third-order valence-corrected chi connectivity index (χ3v) is 4.83. The van der Waals surface area contributed by atoms with Crippen LogP contribution in [0.5, 0.6) is 0 Å². The Morgan fingerprint density at radius 2 is 2.05 bits per heavy atom. The highest BCUT2D eigenvalue weighted by Crippen LogP contribution is 2.24. The minimum Gasteiger partial charge on any atom is -0.374 e. The lowest BCUT2D eigenvalue weighted by Crippen LogP contribution is -2.51. The van der Waals surface area contributed by atoms with Crippen molar-refractivity contribution in [1.29, 1.82) is 0 Å². The van der Waals surface area contributed by atoms with Crippen molar-refractivity contribution in [2.24, 2.45) is 5.73 Å². The van der Waals surface area contributed by atoms with Crippen molar-refractivity contribution in [3.8, 4) is 0 Å². The van der Waals surface area contributed by atoms with Gasteiger partial charge in [-0.15, -0.1) is 0 Å². The average Bonchev–Trinajstić information content (AvgIpc) is 2.97. The molecule has 2 aliphatic rings. The topological polar surface area (TPSA) is 41.7 Å². The molecule has 0 radical (unpaired) electrons. The zero-order valence-corrected chi connectivity index (χ0v) is 13.4. The second-order valence-electron chi connectivity index (χ2n) is 6.66. The molecule has 1 unspecified atom stereocenters. The summed E-state index contributed by atoms with van der Waals surface area (Å²) in [6, 6.07) is 1.41. The van der Waals surface area contributed by atoms with Gasteiger partial charge < -0.3 is 10.5 Å². The first kappa shape index (κ1) is 16.2. The van der Waals surface area contributed by atoms with Crippen LogP contribution in [0.4, 0.5) is 0 Å². The molecule has 1 atom stereocenters. The van der Waals surface area contributed by atoms with E-state index in [0.717, 1.165) is 51.8 Å². The lowest BCUT2D eigenvalue weighted by atomic mass is 10.1. The fraction of sp³-hybridized carbons (Fsp3) is 1.00.